The lowest BCUT2D eigenvalue weighted by atomic mass is 9.82. The zero-order valence-electron chi connectivity index (χ0n) is 34.9. The van der Waals surface area contributed by atoms with Gasteiger partial charge in [-0.1, -0.05) is 141 Å². The van der Waals surface area contributed by atoms with Gasteiger partial charge >= 0.3 is 0 Å². The van der Waals surface area contributed by atoms with Crippen LogP contribution in [0.1, 0.15) is 25.0 Å². The molecule has 0 N–H and O–H groups in total. The average Bonchev–Trinajstić information content (AvgIpc) is 4.01. The van der Waals surface area contributed by atoms with Gasteiger partial charge in [-0.25, -0.2) is 4.98 Å². The Morgan fingerprint density at radius 3 is 1.83 bits per heavy atom. The van der Waals surface area contributed by atoms with Crippen molar-refractivity contribution in [1.29, 1.82) is 0 Å². The van der Waals surface area contributed by atoms with Crippen LogP contribution >= 0.6 is 0 Å². The molecule has 0 saturated carbocycles. The summed E-state index contributed by atoms with van der Waals surface area (Å²) in [5, 5.41) is 2.11. The first-order chi connectivity index (χ1) is 31.0. The van der Waals surface area contributed by atoms with Gasteiger partial charge in [-0.05, 0) is 112 Å². The number of hydrogen-bond donors (Lipinski definition) is 0. The number of benzene rings is 9. The van der Waals surface area contributed by atoms with Gasteiger partial charge in [-0.3, -0.25) is 0 Å². The molecule has 12 rings (SSSR count). The predicted octanol–water partition coefficient (Wildman–Crippen LogP) is 16.3. The fourth-order valence-corrected chi connectivity index (χ4v) is 9.59. The molecule has 1 aliphatic carbocycles. The third kappa shape index (κ3) is 6.12. The monoisotopic (exact) mass is 811 g/mol. The van der Waals surface area contributed by atoms with Crippen molar-refractivity contribution in [2.75, 3.05) is 9.80 Å². The summed E-state index contributed by atoms with van der Waals surface area (Å²) < 4.78 is 13.2. The number of para-hydroxylation sites is 2. The van der Waals surface area contributed by atoms with Crippen molar-refractivity contribution in [2.24, 2.45) is 0 Å². The molecule has 2 aromatic heterocycles. The molecule has 0 atom stereocenters. The highest BCUT2D eigenvalue weighted by atomic mass is 16.3. The van der Waals surface area contributed by atoms with Crippen LogP contribution in [0.4, 0.5) is 34.1 Å². The second-order valence-electron chi connectivity index (χ2n) is 16.8. The Hall–Kier alpha value is -8.15. The summed E-state index contributed by atoms with van der Waals surface area (Å²) in [7, 11) is 0. The molecule has 0 spiro atoms. The van der Waals surface area contributed by atoms with Crippen LogP contribution in [0.5, 0.6) is 0 Å². The Morgan fingerprint density at radius 1 is 0.381 bits per heavy atom. The molecule has 5 heteroatoms. The smallest absolute Gasteiger partial charge is 0.227 e. The van der Waals surface area contributed by atoms with Gasteiger partial charge in [0, 0.05) is 50.6 Å². The minimum Gasteiger partial charge on any atom is -0.456 e. The van der Waals surface area contributed by atoms with Gasteiger partial charge in [-0.2, -0.15) is 0 Å². The van der Waals surface area contributed by atoms with Gasteiger partial charge in [0.05, 0.1) is 11.4 Å². The normalized spacial score (nSPS) is 12.7. The molecule has 0 radical (unpaired) electrons. The number of nitrogens with zero attached hydrogens (tertiary/aromatic N) is 3. The number of oxazole rings is 1. The molecule has 1 aliphatic rings. The van der Waals surface area contributed by atoms with Crippen molar-refractivity contribution < 1.29 is 8.83 Å². The predicted molar refractivity (Wildman–Crippen MR) is 259 cm³/mol. The molecule has 300 valence electrons. The van der Waals surface area contributed by atoms with Crippen molar-refractivity contribution in [3.05, 3.63) is 223 Å². The van der Waals surface area contributed by atoms with Gasteiger partial charge in [0.25, 0.3) is 0 Å². The highest BCUT2D eigenvalue weighted by molar-refractivity contribution is 6.07. The molecule has 0 fully saturated rings. The molecule has 0 unspecified atom stereocenters. The zero-order valence-corrected chi connectivity index (χ0v) is 34.9. The Morgan fingerprint density at radius 2 is 1.00 bits per heavy atom. The lowest BCUT2D eigenvalue weighted by molar-refractivity contribution is 0.620. The molecule has 11 aromatic rings. The van der Waals surface area contributed by atoms with Crippen LogP contribution < -0.4 is 9.80 Å². The van der Waals surface area contributed by atoms with Gasteiger partial charge < -0.3 is 18.6 Å². The molecule has 5 nitrogen and oxygen atoms in total. The van der Waals surface area contributed by atoms with E-state index >= 15 is 0 Å². The van der Waals surface area contributed by atoms with Crippen molar-refractivity contribution in [1.82, 2.24) is 4.98 Å². The molecular weight excluding hydrogens is 771 g/mol. The summed E-state index contributed by atoms with van der Waals surface area (Å²) in [4.78, 5) is 9.99. The second-order valence-corrected chi connectivity index (χ2v) is 16.8. The van der Waals surface area contributed by atoms with Gasteiger partial charge in [0.15, 0.2) is 5.58 Å². The highest BCUT2D eigenvalue weighted by Crippen LogP contribution is 2.52. The van der Waals surface area contributed by atoms with E-state index < -0.39 is 0 Å². The Labute approximate surface area is 365 Å². The standard InChI is InChI=1S/C58H41N3O2/c1-58(2)50-27-14-12-25-46(50)47-31-29-44(35-51(47)58)60(41-22-10-5-11-23-41)45-36-52(56-55(37-45)63-57(59-56)39-19-8-4-9-20-39)61(42-24-16-21-40(33-42)38-17-6-3-7-18-38)43-30-32-54-49(34-43)48-26-13-15-28-53(48)62-54/h3-37H,1-2H3. The van der Waals surface area contributed by atoms with Crippen LogP contribution in [0.3, 0.4) is 0 Å². The lowest BCUT2D eigenvalue weighted by Gasteiger charge is -2.30. The third-order valence-electron chi connectivity index (χ3n) is 12.6. The summed E-state index contributed by atoms with van der Waals surface area (Å²) >= 11 is 0. The fourth-order valence-electron chi connectivity index (χ4n) is 9.59. The molecule has 0 bridgehead atoms. The van der Waals surface area contributed by atoms with Crippen LogP contribution in [0.2, 0.25) is 0 Å². The molecular formula is C58H41N3O2. The maximum atomic E-state index is 6.86. The van der Waals surface area contributed by atoms with E-state index in [2.05, 4.69) is 194 Å². The van der Waals surface area contributed by atoms with Crippen molar-refractivity contribution in [2.45, 2.75) is 19.3 Å². The first kappa shape index (κ1) is 36.7. The number of fused-ring (bicyclic) bond motifs is 7. The first-order valence-corrected chi connectivity index (χ1v) is 21.4. The quantitative estimate of drug-likeness (QED) is 0.153. The van der Waals surface area contributed by atoms with E-state index in [9.17, 15) is 0 Å². The number of hydrogen-bond acceptors (Lipinski definition) is 5. The fraction of sp³-hybridized carbons (Fsp3) is 0.0517. The van der Waals surface area contributed by atoms with E-state index in [0.717, 1.165) is 78.3 Å². The molecule has 0 amide bonds. The highest BCUT2D eigenvalue weighted by Gasteiger charge is 2.36. The first-order valence-electron chi connectivity index (χ1n) is 21.4. The minimum atomic E-state index is -0.175. The Kier molecular flexibility index (Phi) is 8.44. The van der Waals surface area contributed by atoms with E-state index in [1.54, 1.807) is 0 Å². The molecule has 0 saturated heterocycles. The zero-order chi connectivity index (χ0) is 42.1. The van der Waals surface area contributed by atoms with E-state index in [0.29, 0.717) is 11.5 Å². The van der Waals surface area contributed by atoms with E-state index in [-0.39, 0.29) is 5.41 Å². The molecule has 9 aromatic carbocycles. The largest absolute Gasteiger partial charge is 0.456 e. The maximum absolute atomic E-state index is 6.86. The SMILES string of the molecule is CC1(C)c2ccccc2-c2ccc(N(c3ccccc3)c3cc(N(c4cccc(-c5ccccc5)c4)c4ccc5oc6ccccc6c5c4)c4nc(-c5ccccc5)oc4c3)cc21. The Balaban J connectivity index is 1.13. The summed E-state index contributed by atoms with van der Waals surface area (Å²) in [5.74, 6) is 0.557. The number of aromatic nitrogens is 1. The van der Waals surface area contributed by atoms with E-state index in [1.165, 1.54) is 22.3 Å². The second kappa shape index (κ2) is 14.5. The van der Waals surface area contributed by atoms with Crippen molar-refractivity contribution >= 4 is 67.2 Å². The van der Waals surface area contributed by atoms with Crippen LogP contribution in [0, 0.1) is 0 Å². The van der Waals surface area contributed by atoms with Crippen molar-refractivity contribution in [3.8, 4) is 33.7 Å². The molecule has 63 heavy (non-hydrogen) atoms. The van der Waals surface area contributed by atoms with Crippen LogP contribution in [-0.2, 0) is 5.41 Å². The number of rotatable bonds is 8. The average molecular weight is 812 g/mol. The van der Waals surface area contributed by atoms with Crippen molar-refractivity contribution in [3.63, 3.8) is 0 Å². The van der Waals surface area contributed by atoms with Gasteiger partial charge in [0.2, 0.25) is 5.89 Å². The van der Waals surface area contributed by atoms with Crippen LogP contribution in [-0.4, -0.2) is 4.98 Å². The van der Waals surface area contributed by atoms with Gasteiger partial charge in [-0.15, -0.1) is 0 Å². The maximum Gasteiger partial charge on any atom is 0.227 e. The summed E-state index contributed by atoms with van der Waals surface area (Å²) in [6.07, 6.45) is 0. The number of anilines is 6. The third-order valence-corrected chi connectivity index (χ3v) is 12.6. The summed E-state index contributed by atoms with van der Waals surface area (Å²) in [6, 6.07) is 74.9. The Bertz CT molecular complexity index is 3500. The molecule has 2 heterocycles. The number of furan rings is 1. The topological polar surface area (TPSA) is 45.7 Å². The minimum absolute atomic E-state index is 0.175. The van der Waals surface area contributed by atoms with Crippen LogP contribution in [0.15, 0.2) is 221 Å². The molecule has 0 aliphatic heterocycles. The van der Waals surface area contributed by atoms with E-state index in [1.807, 2.05) is 42.5 Å². The van der Waals surface area contributed by atoms with Gasteiger partial charge in [0.1, 0.15) is 16.7 Å². The van der Waals surface area contributed by atoms with E-state index in [4.69, 9.17) is 13.8 Å². The summed E-state index contributed by atoms with van der Waals surface area (Å²) in [6.45, 7) is 4.67. The lowest BCUT2D eigenvalue weighted by Crippen LogP contribution is -2.17. The van der Waals surface area contributed by atoms with Crippen LogP contribution in [0.25, 0.3) is 66.7 Å². The summed E-state index contributed by atoms with van der Waals surface area (Å²) in [5.41, 5.74) is 17.2.